The first-order chi connectivity index (χ1) is 8.33. The van der Waals surface area contributed by atoms with E-state index in [4.69, 9.17) is 5.73 Å². The van der Waals surface area contributed by atoms with E-state index in [0.29, 0.717) is 5.13 Å². The second-order valence-electron chi connectivity index (χ2n) is 3.83. The van der Waals surface area contributed by atoms with Gasteiger partial charge in [-0.25, -0.2) is 4.98 Å². The molecule has 0 fully saturated rings. The molecule has 2 heterocycles. The van der Waals surface area contributed by atoms with Crippen molar-refractivity contribution in [2.75, 3.05) is 5.73 Å². The number of nitrogens with zero attached hydrogens (tertiary/aromatic N) is 2. The van der Waals surface area contributed by atoms with Crippen LogP contribution in [0.2, 0.25) is 0 Å². The van der Waals surface area contributed by atoms with Crippen molar-refractivity contribution >= 4 is 27.4 Å². The molecule has 0 saturated heterocycles. The summed E-state index contributed by atoms with van der Waals surface area (Å²) in [5, 5.41) is 1.79. The third-order valence-corrected chi connectivity index (χ3v) is 3.48. The molecule has 3 nitrogen and oxygen atoms in total. The molecule has 4 heteroatoms. The van der Waals surface area contributed by atoms with Gasteiger partial charge in [-0.1, -0.05) is 24.3 Å². The molecule has 3 rings (SSSR count). The van der Waals surface area contributed by atoms with Gasteiger partial charge in [0.05, 0.1) is 5.52 Å². The summed E-state index contributed by atoms with van der Waals surface area (Å²) in [5.41, 5.74) is 7.91. The van der Waals surface area contributed by atoms with Crippen LogP contribution in [0.1, 0.15) is 10.4 Å². The average molecular weight is 241 g/mol. The molecule has 2 aromatic heterocycles. The minimum atomic E-state index is 0.619. The Bertz CT molecular complexity index is 655. The van der Waals surface area contributed by atoms with Crippen LogP contribution < -0.4 is 5.73 Å². The molecule has 0 radical (unpaired) electrons. The van der Waals surface area contributed by atoms with Crippen molar-refractivity contribution in [1.29, 1.82) is 0 Å². The Morgan fingerprint density at radius 1 is 1.12 bits per heavy atom. The molecular formula is C13H11N3S. The molecule has 0 saturated carbocycles. The molecule has 0 unspecified atom stereocenters. The van der Waals surface area contributed by atoms with Gasteiger partial charge in [0.15, 0.2) is 5.13 Å². The minimum absolute atomic E-state index is 0.619. The van der Waals surface area contributed by atoms with Crippen LogP contribution in [0.4, 0.5) is 5.13 Å². The largest absolute Gasteiger partial charge is 0.375 e. The molecule has 0 spiro atoms. The average Bonchev–Trinajstić information content (AvgIpc) is 2.75. The molecular weight excluding hydrogens is 230 g/mol. The van der Waals surface area contributed by atoms with Crippen LogP contribution in [0.25, 0.3) is 10.9 Å². The summed E-state index contributed by atoms with van der Waals surface area (Å²) in [4.78, 5) is 9.67. The first-order valence-electron chi connectivity index (χ1n) is 5.36. The van der Waals surface area contributed by atoms with Crippen molar-refractivity contribution in [3.8, 4) is 0 Å². The van der Waals surface area contributed by atoms with Crippen molar-refractivity contribution in [3.63, 3.8) is 0 Å². The van der Waals surface area contributed by atoms with E-state index < -0.39 is 0 Å². The number of benzene rings is 1. The van der Waals surface area contributed by atoms with Gasteiger partial charge in [0.25, 0.3) is 0 Å². The van der Waals surface area contributed by atoms with Gasteiger partial charge >= 0.3 is 0 Å². The molecule has 0 aliphatic heterocycles. The maximum Gasteiger partial charge on any atom is 0.180 e. The molecule has 3 aromatic rings. The Kier molecular flexibility index (Phi) is 2.49. The van der Waals surface area contributed by atoms with E-state index in [1.807, 2.05) is 18.5 Å². The van der Waals surface area contributed by atoms with E-state index >= 15 is 0 Å². The number of nitrogens with two attached hydrogens (primary N) is 1. The maximum atomic E-state index is 5.64. The highest BCUT2D eigenvalue weighted by molar-refractivity contribution is 7.15. The van der Waals surface area contributed by atoms with Crippen molar-refractivity contribution in [3.05, 3.63) is 53.2 Å². The van der Waals surface area contributed by atoms with Gasteiger partial charge in [-0.3, -0.25) is 4.98 Å². The third kappa shape index (κ3) is 1.99. The van der Waals surface area contributed by atoms with Crippen molar-refractivity contribution in [2.45, 2.75) is 6.42 Å². The lowest BCUT2D eigenvalue weighted by molar-refractivity contribution is 1.22. The number of hydrogen-bond acceptors (Lipinski definition) is 4. The SMILES string of the molecule is Nc1ncc(Cc2cccc3cccnc23)s1. The molecule has 17 heavy (non-hydrogen) atoms. The predicted octanol–water partition coefficient (Wildman–Crippen LogP) is 2.86. The molecule has 1 aromatic carbocycles. The summed E-state index contributed by atoms with van der Waals surface area (Å²) in [6.07, 6.45) is 4.50. The fourth-order valence-corrected chi connectivity index (χ4v) is 2.61. The van der Waals surface area contributed by atoms with E-state index in [1.165, 1.54) is 27.2 Å². The lowest BCUT2D eigenvalue weighted by Gasteiger charge is -2.03. The number of para-hydroxylation sites is 1. The number of fused-ring (bicyclic) bond motifs is 1. The predicted molar refractivity (Wildman–Crippen MR) is 71.1 cm³/mol. The van der Waals surface area contributed by atoms with Crippen molar-refractivity contribution in [1.82, 2.24) is 9.97 Å². The Balaban J connectivity index is 2.05. The Morgan fingerprint density at radius 2 is 2.00 bits per heavy atom. The lowest BCUT2D eigenvalue weighted by Crippen LogP contribution is -1.89. The van der Waals surface area contributed by atoms with Crippen LogP contribution in [0.3, 0.4) is 0 Å². The summed E-state index contributed by atoms with van der Waals surface area (Å²) >= 11 is 1.53. The van der Waals surface area contributed by atoms with Crippen LogP contribution >= 0.6 is 11.3 Å². The first-order valence-corrected chi connectivity index (χ1v) is 6.17. The van der Waals surface area contributed by atoms with Crippen LogP contribution in [-0.4, -0.2) is 9.97 Å². The van der Waals surface area contributed by atoms with E-state index in [2.05, 4.69) is 34.2 Å². The van der Waals surface area contributed by atoms with Gasteiger partial charge in [0.1, 0.15) is 0 Å². The Hall–Kier alpha value is -1.94. The smallest absolute Gasteiger partial charge is 0.180 e. The molecule has 0 atom stereocenters. The fraction of sp³-hybridized carbons (Fsp3) is 0.0769. The first kappa shape index (κ1) is 10.2. The highest BCUT2D eigenvalue weighted by Crippen LogP contribution is 2.22. The van der Waals surface area contributed by atoms with E-state index in [0.717, 1.165) is 11.9 Å². The summed E-state index contributed by atoms with van der Waals surface area (Å²) in [5.74, 6) is 0. The van der Waals surface area contributed by atoms with Crippen molar-refractivity contribution in [2.24, 2.45) is 0 Å². The Morgan fingerprint density at radius 3 is 2.82 bits per heavy atom. The lowest BCUT2D eigenvalue weighted by atomic mass is 10.1. The number of anilines is 1. The number of rotatable bonds is 2. The molecule has 0 amide bonds. The molecule has 84 valence electrons. The van der Waals surface area contributed by atoms with Crippen LogP contribution in [0, 0.1) is 0 Å². The summed E-state index contributed by atoms with van der Waals surface area (Å²) in [6.45, 7) is 0. The summed E-state index contributed by atoms with van der Waals surface area (Å²) in [7, 11) is 0. The highest BCUT2D eigenvalue weighted by atomic mass is 32.1. The highest BCUT2D eigenvalue weighted by Gasteiger charge is 2.05. The topological polar surface area (TPSA) is 51.8 Å². The van der Waals surface area contributed by atoms with E-state index in [9.17, 15) is 0 Å². The summed E-state index contributed by atoms with van der Waals surface area (Å²) < 4.78 is 0. The zero-order valence-electron chi connectivity index (χ0n) is 9.13. The van der Waals surface area contributed by atoms with Crippen LogP contribution in [-0.2, 0) is 6.42 Å². The minimum Gasteiger partial charge on any atom is -0.375 e. The van der Waals surface area contributed by atoms with E-state index in [1.54, 1.807) is 0 Å². The van der Waals surface area contributed by atoms with Crippen LogP contribution in [0.15, 0.2) is 42.7 Å². The van der Waals surface area contributed by atoms with Gasteiger partial charge in [-0.15, -0.1) is 11.3 Å². The monoisotopic (exact) mass is 241 g/mol. The normalized spacial score (nSPS) is 10.8. The second kappa shape index (κ2) is 4.14. The van der Waals surface area contributed by atoms with Crippen molar-refractivity contribution < 1.29 is 0 Å². The quantitative estimate of drug-likeness (QED) is 0.750. The van der Waals surface area contributed by atoms with Gasteiger partial charge in [-0.05, 0) is 11.6 Å². The molecule has 0 aliphatic rings. The number of hydrogen-bond donors (Lipinski definition) is 1. The number of pyridine rings is 1. The summed E-state index contributed by atoms with van der Waals surface area (Å²) in [6, 6.07) is 10.3. The van der Waals surface area contributed by atoms with Gasteiger partial charge in [0, 0.05) is 29.1 Å². The second-order valence-corrected chi connectivity index (χ2v) is 4.98. The standard InChI is InChI=1S/C13H11N3S/c14-13-16-8-11(17-13)7-10-4-1-3-9-5-2-6-15-12(9)10/h1-6,8H,7H2,(H2,14,16). The third-order valence-electron chi connectivity index (χ3n) is 2.65. The van der Waals surface area contributed by atoms with Crippen LogP contribution in [0.5, 0.6) is 0 Å². The maximum absolute atomic E-state index is 5.64. The van der Waals surface area contributed by atoms with E-state index in [-0.39, 0.29) is 0 Å². The number of nitrogen functional groups attached to an aromatic ring is 1. The zero-order chi connectivity index (χ0) is 11.7. The number of aromatic nitrogens is 2. The number of thiazole rings is 1. The van der Waals surface area contributed by atoms with Gasteiger partial charge < -0.3 is 5.73 Å². The zero-order valence-corrected chi connectivity index (χ0v) is 9.95. The van der Waals surface area contributed by atoms with Gasteiger partial charge in [-0.2, -0.15) is 0 Å². The molecule has 2 N–H and O–H groups in total. The fourth-order valence-electron chi connectivity index (χ4n) is 1.90. The van der Waals surface area contributed by atoms with Gasteiger partial charge in [0.2, 0.25) is 0 Å². The molecule has 0 aliphatic carbocycles. The Labute approximate surface area is 103 Å². The molecule has 0 bridgehead atoms.